The average molecular weight is 444 g/mol. The van der Waals surface area contributed by atoms with Gasteiger partial charge in [-0.1, -0.05) is 20.3 Å². The molecule has 0 saturated heterocycles. The summed E-state index contributed by atoms with van der Waals surface area (Å²) in [5.41, 5.74) is 5.10. The number of carbonyl (C=O) groups excluding carboxylic acids is 5. The molecule has 0 aliphatic carbocycles. The molecule has 6 N–H and O–H groups in total. The summed E-state index contributed by atoms with van der Waals surface area (Å²) in [6, 6.07) is -0.721. The van der Waals surface area contributed by atoms with Crippen molar-refractivity contribution in [1.82, 2.24) is 21.3 Å². The molecule has 0 radical (unpaired) electrons. The van der Waals surface area contributed by atoms with E-state index in [2.05, 4.69) is 21.3 Å². The molecule has 11 heteroatoms. The maximum atomic E-state index is 11.7. The van der Waals surface area contributed by atoms with Crippen molar-refractivity contribution in [3.05, 3.63) is 0 Å². The fourth-order valence-corrected chi connectivity index (χ4v) is 2.18. The highest BCUT2D eigenvalue weighted by Crippen LogP contribution is 2.06. The summed E-state index contributed by atoms with van der Waals surface area (Å²) in [6.45, 7) is 8.65. The van der Waals surface area contributed by atoms with E-state index in [1.165, 1.54) is 0 Å². The molecular weight excluding hydrogens is 406 g/mol. The maximum absolute atomic E-state index is 11.7. The number of hydrogen-bond donors (Lipinski definition) is 5. The highest BCUT2D eigenvalue weighted by molar-refractivity contribution is 5.97. The van der Waals surface area contributed by atoms with Gasteiger partial charge in [-0.05, 0) is 39.5 Å². The van der Waals surface area contributed by atoms with E-state index in [4.69, 9.17) is 10.5 Å². The normalized spacial score (nSPS) is 12.0. The number of amides is 5. The Morgan fingerprint density at radius 2 is 1.45 bits per heavy atom. The quantitative estimate of drug-likeness (QED) is 0.263. The number of carbonyl (C=O) groups is 5. The van der Waals surface area contributed by atoms with Crippen LogP contribution in [0.4, 0.5) is 4.79 Å². The lowest BCUT2D eigenvalue weighted by Crippen LogP contribution is -2.48. The molecule has 1 atom stereocenters. The predicted octanol–water partition coefficient (Wildman–Crippen LogP) is -0.0700. The monoisotopic (exact) mass is 443 g/mol. The largest absolute Gasteiger partial charge is 0.444 e. The van der Waals surface area contributed by atoms with Crippen molar-refractivity contribution < 1.29 is 28.7 Å². The molecule has 0 rings (SSSR count). The third-order valence-corrected chi connectivity index (χ3v) is 3.92. The fourth-order valence-electron chi connectivity index (χ4n) is 2.18. The molecule has 0 aromatic carbocycles. The summed E-state index contributed by atoms with van der Waals surface area (Å²) in [5, 5.41) is 9.50. The van der Waals surface area contributed by atoms with Gasteiger partial charge in [-0.3, -0.25) is 24.5 Å². The lowest BCUT2D eigenvalue weighted by Gasteiger charge is -2.19. The van der Waals surface area contributed by atoms with Gasteiger partial charge in [-0.15, -0.1) is 0 Å². The SMILES string of the molecule is CC(C)[C@H](N)C(=O)NCC(=O)NCC(=O)NC(=O)CCCCCNC(=O)OC(C)(C)C. The van der Waals surface area contributed by atoms with Crippen molar-refractivity contribution in [1.29, 1.82) is 0 Å². The van der Waals surface area contributed by atoms with Crippen LogP contribution >= 0.6 is 0 Å². The molecule has 0 bridgehead atoms. The van der Waals surface area contributed by atoms with Crippen molar-refractivity contribution in [2.75, 3.05) is 19.6 Å². The van der Waals surface area contributed by atoms with Gasteiger partial charge in [0.1, 0.15) is 5.60 Å². The van der Waals surface area contributed by atoms with Crippen molar-refractivity contribution in [2.24, 2.45) is 11.7 Å². The Labute approximate surface area is 183 Å². The molecular formula is C20H37N5O6. The average Bonchev–Trinajstić information content (AvgIpc) is 2.64. The molecule has 0 unspecified atom stereocenters. The summed E-state index contributed by atoms with van der Waals surface area (Å²) in [7, 11) is 0. The van der Waals surface area contributed by atoms with E-state index in [1.807, 2.05) is 0 Å². The number of nitrogens with two attached hydrogens (primary N) is 1. The first-order valence-corrected chi connectivity index (χ1v) is 10.4. The van der Waals surface area contributed by atoms with Crippen LogP contribution in [0.1, 0.15) is 60.3 Å². The lowest BCUT2D eigenvalue weighted by molar-refractivity contribution is -0.132. The number of imide groups is 1. The van der Waals surface area contributed by atoms with E-state index in [0.29, 0.717) is 25.8 Å². The van der Waals surface area contributed by atoms with Gasteiger partial charge >= 0.3 is 6.09 Å². The zero-order valence-corrected chi connectivity index (χ0v) is 19.1. The Morgan fingerprint density at radius 1 is 0.839 bits per heavy atom. The number of alkyl carbamates (subject to hydrolysis) is 1. The number of hydrogen-bond acceptors (Lipinski definition) is 7. The van der Waals surface area contributed by atoms with Gasteiger partial charge in [-0.25, -0.2) is 4.79 Å². The van der Waals surface area contributed by atoms with Crippen molar-refractivity contribution >= 4 is 29.7 Å². The second kappa shape index (κ2) is 14.3. The van der Waals surface area contributed by atoms with Crippen LogP contribution in [0.2, 0.25) is 0 Å². The van der Waals surface area contributed by atoms with Crippen LogP contribution in [-0.2, 0) is 23.9 Å². The molecule has 31 heavy (non-hydrogen) atoms. The van der Waals surface area contributed by atoms with Crippen molar-refractivity contribution in [3.8, 4) is 0 Å². The van der Waals surface area contributed by atoms with Crippen LogP contribution in [0.15, 0.2) is 0 Å². The number of rotatable bonds is 12. The van der Waals surface area contributed by atoms with Gasteiger partial charge in [0.05, 0.1) is 19.1 Å². The molecule has 0 aromatic rings. The van der Waals surface area contributed by atoms with Crippen LogP contribution in [-0.4, -0.2) is 61.0 Å². The second-order valence-electron chi connectivity index (χ2n) is 8.48. The van der Waals surface area contributed by atoms with Gasteiger partial charge in [-0.2, -0.15) is 0 Å². The molecule has 11 nitrogen and oxygen atoms in total. The van der Waals surface area contributed by atoms with Crippen LogP contribution in [0, 0.1) is 5.92 Å². The Hall–Kier alpha value is -2.69. The minimum absolute atomic E-state index is 0.0684. The Morgan fingerprint density at radius 3 is 2.03 bits per heavy atom. The fraction of sp³-hybridized carbons (Fsp3) is 0.750. The smallest absolute Gasteiger partial charge is 0.407 e. The van der Waals surface area contributed by atoms with Crippen molar-refractivity contribution in [3.63, 3.8) is 0 Å². The standard InChI is InChI=1S/C20H37N5O6/c1-13(2)17(21)18(29)24-11-15(27)23-12-16(28)25-14(26)9-7-6-8-10-22-19(30)31-20(3,4)5/h13,17H,6-12,21H2,1-5H3,(H,22,30)(H,23,27)(H,24,29)(H,25,26,28)/t17-/m0/s1. The van der Waals surface area contributed by atoms with Gasteiger partial charge < -0.3 is 26.4 Å². The Bertz CT molecular complexity index is 630. The van der Waals surface area contributed by atoms with Crippen LogP contribution in [0.3, 0.4) is 0 Å². The summed E-state index contributed by atoms with van der Waals surface area (Å²) < 4.78 is 5.10. The molecule has 178 valence electrons. The van der Waals surface area contributed by atoms with E-state index in [1.54, 1.807) is 34.6 Å². The zero-order valence-electron chi connectivity index (χ0n) is 19.1. The first-order chi connectivity index (χ1) is 14.3. The maximum Gasteiger partial charge on any atom is 0.407 e. The second-order valence-corrected chi connectivity index (χ2v) is 8.48. The van der Waals surface area contributed by atoms with Crippen LogP contribution < -0.4 is 27.0 Å². The zero-order chi connectivity index (χ0) is 24.0. The van der Waals surface area contributed by atoms with Crippen molar-refractivity contribution in [2.45, 2.75) is 71.9 Å². The number of ether oxygens (including phenoxy) is 1. The molecule has 0 fully saturated rings. The summed E-state index contributed by atoms with van der Waals surface area (Å²) in [6.07, 6.45) is 1.56. The first-order valence-electron chi connectivity index (χ1n) is 10.4. The molecule has 0 heterocycles. The summed E-state index contributed by atoms with van der Waals surface area (Å²) >= 11 is 0. The first kappa shape index (κ1) is 28.3. The lowest BCUT2D eigenvalue weighted by atomic mass is 10.1. The van der Waals surface area contributed by atoms with E-state index in [9.17, 15) is 24.0 Å². The topological polar surface area (TPSA) is 169 Å². The van der Waals surface area contributed by atoms with Gasteiger partial charge in [0, 0.05) is 13.0 Å². The van der Waals surface area contributed by atoms with Gasteiger partial charge in [0.25, 0.3) is 0 Å². The van der Waals surface area contributed by atoms with E-state index in [-0.39, 0.29) is 25.4 Å². The number of unbranched alkanes of at least 4 members (excludes halogenated alkanes) is 2. The number of nitrogens with one attached hydrogen (secondary N) is 4. The minimum Gasteiger partial charge on any atom is -0.444 e. The highest BCUT2D eigenvalue weighted by Gasteiger charge is 2.18. The third-order valence-electron chi connectivity index (χ3n) is 3.92. The molecule has 0 saturated carbocycles. The molecule has 0 aromatic heterocycles. The Balaban J connectivity index is 3.84. The van der Waals surface area contributed by atoms with E-state index >= 15 is 0 Å². The molecule has 0 spiro atoms. The summed E-state index contributed by atoms with van der Waals surface area (Å²) in [5.74, 6) is -2.18. The molecule has 0 aliphatic rings. The van der Waals surface area contributed by atoms with Gasteiger partial charge in [0.15, 0.2) is 0 Å². The van der Waals surface area contributed by atoms with Gasteiger partial charge in [0.2, 0.25) is 23.6 Å². The molecule has 5 amide bonds. The predicted molar refractivity (Wildman–Crippen MR) is 115 cm³/mol. The highest BCUT2D eigenvalue weighted by atomic mass is 16.6. The van der Waals surface area contributed by atoms with Crippen LogP contribution in [0.25, 0.3) is 0 Å². The molecule has 0 aliphatic heterocycles. The van der Waals surface area contributed by atoms with E-state index in [0.717, 1.165) is 0 Å². The minimum atomic E-state index is -0.721. The van der Waals surface area contributed by atoms with Crippen LogP contribution in [0.5, 0.6) is 0 Å². The Kier molecular flexibility index (Phi) is 13.1. The summed E-state index contributed by atoms with van der Waals surface area (Å²) in [4.78, 5) is 58.2. The third kappa shape index (κ3) is 15.8. The van der Waals surface area contributed by atoms with E-state index < -0.39 is 41.4 Å².